The fourth-order valence-electron chi connectivity index (χ4n) is 1.83. The molecule has 20 heavy (non-hydrogen) atoms. The number of nitrogens with one attached hydrogen (secondary N) is 1. The quantitative estimate of drug-likeness (QED) is 0.835. The Morgan fingerprint density at radius 1 is 1.40 bits per heavy atom. The summed E-state index contributed by atoms with van der Waals surface area (Å²) in [5.41, 5.74) is 8.37. The van der Waals surface area contributed by atoms with Gasteiger partial charge in [-0.1, -0.05) is 24.4 Å². The number of aryl methyl sites for hydroxylation is 1. The number of thiocarbonyl (C=S) groups is 1. The summed E-state index contributed by atoms with van der Waals surface area (Å²) in [5.74, 6) is -0.262. The first kappa shape index (κ1) is 14.6. The molecular formula is C14H12BrN3OS. The van der Waals surface area contributed by atoms with E-state index in [-0.39, 0.29) is 10.9 Å². The van der Waals surface area contributed by atoms with Crippen LogP contribution in [0, 0.1) is 6.92 Å². The molecule has 0 aliphatic carbocycles. The standard InChI is InChI=1S/C14H12BrN3OS/c1-8-3-2-4-11(12(8)13(16)20)18-14(19)9-5-10(15)7-17-6-9/h2-7H,1H3,(H2,16,20)(H,18,19). The van der Waals surface area contributed by atoms with Crippen molar-refractivity contribution in [3.8, 4) is 0 Å². The highest BCUT2D eigenvalue weighted by atomic mass is 79.9. The summed E-state index contributed by atoms with van der Waals surface area (Å²) in [5, 5.41) is 2.81. The molecule has 1 heterocycles. The molecule has 102 valence electrons. The first-order chi connectivity index (χ1) is 9.49. The summed E-state index contributed by atoms with van der Waals surface area (Å²) in [6.07, 6.45) is 3.11. The molecular weight excluding hydrogens is 338 g/mol. The Bertz CT molecular complexity index is 688. The van der Waals surface area contributed by atoms with Crippen LogP contribution in [0.3, 0.4) is 0 Å². The zero-order valence-corrected chi connectivity index (χ0v) is 13.1. The van der Waals surface area contributed by atoms with Crippen LogP contribution in [0.25, 0.3) is 0 Å². The Morgan fingerprint density at radius 3 is 2.80 bits per heavy atom. The number of carbonyl (C=O) groups is 1. The van der Waals surface area contributed by atoms with E-state index in [1.807, 2.05) is 19.1 Å². The number of amides is 1. The number of anilines is 1. The smallest absolute Gasteiger partial charge is 0.257 e. The van der Waals surface area contributed by atoms with E-state index in [4.69, 9.17) is 18.0 Å². The molecule has 4 nitrogen and oxygen atoms in total. The Labute approximate surface area is 130 Å². The molecule has 0 fully saturated rings. The molecule has 6 heteroatoms. The van der Waals surface area contributed by atoms with Gasteiger partial charge in [-0.2, -0.15) is 0 Å². The van der Waals surface area contributed by atoms with E-state index in [0.717, 1.165) is 10.0 Å². The Hall–Kier alpha value is -1.79. The highest BCUT2D eigenvalue weighted by Crippen LogP contribution is 2.20. The molecule has 3 N–H and O–H groups in total. The summed E-state index contributed by atoms with van der Waals surface area (Å²) in [7, 11) is 0. The van der Waals surface area contributed by atoms with Gasteiger partial charge in [0.25, 0.3) is 5.91 Å². The minimum Gasteiger partial charge on any atom is -0.389 e. The SMILES string of the molecule is Cc1cccc(NC(=O)c2cncc(Br)c2)c1C(N)=S. The van der Waals surface area contributed by atoms with Crippen molar-refractivity contribution in [3.63, 3.8) is 0 Å². The van der Waals surface area contributed by atoms with Crippen molar-refractivity contribution < 1.29 is 4.79 Å². The fraction of sp³-hybridized carbons (Fsp3) is 0.0714. The van der Waals surface area contributed by atoms with Gasteiger partial charge < -0.3 is 11.1 Å². The third-order valence-corrected chi connectivity index (χ3v) is 3.37. The van der Waals surface area contributed by atoms with E-state index in [9.17, 15) is 4.79 Å². The first-order valence-electron chi connectivity index (χ1n) is 5.80. The molecule has 0 aliphatic rings. The Kier molecular flexibility index (Phi) is 4.46. The molecule has 0 radical (unpaired) electrons. The molecule has 1 aromatic heterocycles. The van der Waals surface area contributed by atoms with Crippen molar-refractivity contribution >= 4 is 44.7 Å². The molecule has 2 rings (SSSR count). The van der Waals surface area contributed by atoms with Crippen LogP contribution in [0.4, 0.5) is 5.69 Å². The summed E-state index contributed by atoms with van der Waals surface area (Å²) in [6.45, 7) is 1.89. The first-order valence-corrected chi connectivity index (χ1v) is 7.00. The number of hydrogen-bond donors (Lipinski definition) is 2. The molecule has 0 saturated carbocycles. The predicted molar refractivity (Wildman–Crippen MR) is 87.0 cm³/mol. The zero-order valence-electron chi connectivity index (χ0n) is 10.7. The van der Waals surface area contributed by atoms with Gasteiger partial charge in [0.1, 0.15) is 4.99 Å². The van der Waals surface area contributed by atoms with Crippen molar-refractivity contribution in [2.45, 2.75) is 6.92 Å². The predicted octanol–water partition coefficient (Wildman–Crippen LogP) is 3.04. The van der Waals surface area contributed by atoms with Crippen molar-refractivity contribution in [1.29, 1.82) is 0 Å². The molecule has 0 bridgehead atoms. The molecule has 0 spiro atoms. The van der Waals surface area contributed by atoms with Crippen molar-refractivity contribution in [2.75, 3.05) is 5.32 Å². The van der Waals surface area contributed by atoms with Crippen LogP contribution in [0.5, 0.6) is 0 Å². The highest BCUT2D eigenvalue weighted by Gasteiger charge is 2.12. The molecule has 0 aliphatic heterocycles. The van der Waals surface area contributed by atoms with Gasteiger partial charge in [0.05, 0.1) is 11.3 Å². The van der Waals surface area contributed by atoms with E-state index in [1.54, 1.807) is 18.3 Å². The maximum absolute atomic E-state index is 12.2. The number of benzene rings is 1. The third kappa shape index (κ3) is 3.20. The second-order valence-corrected chi connectivity index (χ2v) is 5.56. The lowest BCUT2D eigenvalue weighted by molar-refractivity contribution is 0.102. The maximum atomic E-state index is 12.2. The average Bonchev–Trinajstić information content (AvgIpc) is 2.38. The van der Waals surface area contributed by atoms with Gasteiger partial charge in [0.15, 0.2) is 0 Å². The average molecular weight is 350 g/mol. The number of pyridine rings is 1. The Balaban J connectivity index is 2.33. The van der Waals surface area contributed by atoms with Crippen molar-refractivity contribution in [3.05, 3.63) is 57.8 Å². The number of nitrogens with two attached hydrogens (primary N) is 1. The van der Waals surface area contributed by atoms with Crippen LogP contribution in [0.2, 0.25) is 0 Å². The number of hydrogen-bond acceptors (Lipinski definition) is 3. The summed E-state index contributed by atoms with van der Waals surface area (Å²) in [6, 6.07) is 7.19. The van der Waals surface area contributed by atoms with Crippen LogP contribution in [-0.4, -0.2) is 15.9 Å². The van der Waals surface area contributed by atoms with E-state index in [0.29, 0.717) is 16.8 Å². The number of rotatable bonds is 3. The van der Waals surface area contributed by atoms with Crippen molar-refractivity contribution in [2.24, 2.45) is 5.73 Å². The number of aromatic nitrogens is 1. The zero-order chi connectivity index (χ0) is 14.7. The van der Waals surface area contributed by atoms with E-state index < -0.39 is 0 Å². The maximum Gasteiger partial charge on any atom is 0.257 e. The molecule has 0 unspecified atom stereocenters. The molecule has 0 atom stereocenters. The lowest BCUT2D eigenvalue weighted by Crippen LogP contribution is -2.18. The van der Waals surface area contributed by atoms with Gasteiger partial charge in [0.2, 0.25) is 0 Å². The van der Waals surface area contributed by atoms with E-state index in [1.165, 1.54) is 6.20 Å². The van der Waals surface area contributed by atoms with Crippen LogP contribution >= 0.6 is 28.1 Å². The lowest BCUT2D eigenvalue weighted by Gasteiger charge is -2.12. The molecule has 2 aromatic rings. The molecule has 1 amide bonds. The molecule has 1 aromatic carbocycles. The van der Waals surface area contributed by atoms with Gasteiger partial charge in [-0.15, -0.1) is 0 Å². The van der Waals surface area contributed by atoms with Gasteiger partial charge >= 0.3 is 0 Å². The van der Waals surface area contributed by atoms with Crippen LogP contribution in [-0.2, 0) is 0 Å². The van der Waals surface area contributed by atoms with Crippen LogP contribution < -0.4 is 11.1 Å². The highest BCUT2D eigenvalue weighted by molar-refractivity contribution is 9.10. The van der Waals surface area contributed by atoms with Crippen LogP contribution in [0.15, 0.2) is 41.1 Å². The largest absolute Gasteiger partial charge is 0.389 e. The van der Waals surface area contributed by atoms with Gasteiger partial charge in [0, 0.05) is 22.4 Å². The number of carbonyl (C=O) groups excluding carboxylic acids is 1. The second-order valence-electron chi connectivity index (χ2n) is 4.21. The third-order valence-electron chi connectivity index (χ3n) is 2.73. The summed E-state index contributed by atoms with van der Waals surface area (Å²) >= 11 is 8.32. The normalized spacial score (nSPS) is 10.1. The fourth-order valence-corrected chi connectivity index (χ4v) is 2.47. The summed E-state index contributed by atoms with van der Waals surface area (Å²) in [4.78, 5) is 16.4. The Morgan fingerprint density at radius 2 is 2.15 bits per heavy atom. The van der Waals surface area contributed by atoms with Gasteiger partial charge in [-0.25, -0.2) is 0 Å². The second kappa shape index (κ2) is 6.11. The number of nitrogens with zero attached hydrogens (tertiary/aromatic N) is 1. The summed E-state index contributed by atoms with van der Waals surface area (Å²) < 4.78 is 0.740. The minimum absolute atomic E-state index is 0.255. The monoisotopic (exact) mass is 349 g/mol. The van der Waals surface area contributed by atoms with Crippen molar-refractivity contribution in [1.82, 2.24) is 4.98 Å². The minimum atomic E-state index is -0.262. The number of halogens is 1. The topological polar surface area (TPSA) is 68.0 Å². The lowest BCUT2D eigenvalue weighted by atomic mass is 10.1. The van der Waals surface area contributed by atoms with E-state index in [2.05, 4.69) is 26.2 Å². The van der Waals surface area contributed by atoms with Gasteiger partial charge in [-0.3, -0.25) is 9.78 Å². The van der Waals surface area contributed by atoms with Crippen LogP contribution in [0.1, 0.15) is 21.5 Å². The van der Waals surface area contributed by atoms with E-state index >= 15 is 0 Å². The van der Waals surface area contributed by atoms with Gasteiger partial charge in [-0.05, 0) is 40.5 Å². The molecule has 0 saturated heterocycles.